The van der Waals surface area contributed by atoms with Gasteiger partial charge in [0.05, 0.1) is 6.20 Å². The van der Waals surface area contributed by atoms with E-state index in [1.54, 1.807) is 6.20 Å². The van der Waals surface area contributed by atoms with Crippen LogP contribution in [0.1, 0.15) is 13.3 Å². The minimum absolute atomic E-state index is 0.0459. The first-order valence-corrected chi connectivity index (χ1v) is 5.26. The quantitative estimate of drug-likeness (QED) is 0.672. The molecule has 14 heavy (non-hydrogen) atoms. The molecule has 0 aliphatic heterocycles. The van der Waals surface area contributed by atoms with Crippen LogP contribution in [-0.4, -0.2) is 24.0 Å². The van der Waals surface area contributed by atoms with Gasteiger partial charge in [-0.1, -0.05) is 11.3 Å². The summed E-state index contributed by atoms with van der Waals surface area (Å²) in [5, 5.41) is 7.17. The number of nitrogens with one attached hydrogen (secondary N) is 2. The van der Waals surface area contributed by atoms with E-state index in [-0.39, 0.29) is 5.91 Å². The minimum atomic E-state index is 0.0459. The second-order valence-electron chi connectivity index (χ2n) is 2.70. The molecular weight excluding hydrogens is 200 g/mol. The summed E-state index contributed by atoms with van der Waals surface area (Å²) in [5.74, 6) is 0.0459. The van der Waals surface area contributed by atoms with Gasteiger partial charge in [-0.05, 0) is 6.92 Å². The average molecular weight is 214 g/mol. The van der Waals surface area contributed by atoms with Gasteiger partial charge in [-0.3, -0.25) is 4.79 Å². The molecule has 0 radical (unpaired) electrons. The highest BCUT2D eigenvalue weighted by molar-refractivity contribution is 7.19. The van der Waals surface area contributed by atoms with E-state index in [9.17, 15) is 4.79 Å². The van der Waals surface area contributed by atoms with Crippen LogP contribution in [0.4, 0.5) is 10.1 Å². The molecule has 0 saturated heterocycles. The molecule has 0 aromatic carbocycles. The largest absolute Gasteiger partial charge is 0.389 e. The number of amides is 1. The fourth-order valence-corrected chi connectivity index (χ4v) is 1.55. The van der Waals surface area contributed by atoms with Gasteiger partial charge < -0.3 is 16.4 Å². The van der Waals surface area contributed by atoms with Gasteiger partial charge >= 0.3 is 0 Å². The molecule has 6 heteroatoms. The van der Waals surface area contributed by atoms with Gasteiger partial charge in [-0.15, -0.1) is 0 Å². The second-order valence-corrected chi connectivity index (χ2v) is 3.76. The Bertz CT molecular complexity index is 299. The number of hydrogen-bond acceptors (Lipinski definition) is 5. The lowest BCUT2D eigenvalue weighted by Crippen LogP contribution is -2.24. The molecule has 0 aliphatic rings. The Hall–Kier alpha value is -1.30. The van der Waals surface area contributed by atoms with E-state index in [0.717, 1.165) is 5.13 Å². The van der Waals surface area contributed by atoms with Crippen molar-refractivity contribution in [3.63, 3.8) is 0 Å². The van der Waals surface area contributed by atoms with Crippen molar-refractivity contribution in [1.29, 1.82) is 0 Å². The van der Waals surface area contributed by atoms with Crippen molar-refractivity contribution in [2.75, 3.05) is 24.1 Å². The number of carbonyl (C=O) groups excluding carboxylic acids is 1. The molecule has 0 fully saturated rings. The van der Waals surface area contributed by atoms with Crippen LogP contribution in [0.3, 0.4) is 0 Å². The monoisotopic (exact) mass is 214 g/mol. The van der Waals surface area contributed by atoms with E-state index in [1.165, 1.54) is 11.3 Å². The third kappa shape index (κ3) is 3.61. The number of nitrogen functional groups attached to an aromatic ring is 1. The highest BCUT2D eigenvalue weighted by atomic mass is 32.1. The van der Waals surface area contributed by atoms with E-state index in [0.29, 0.717) is 24.5 Å². The van der Waals surface area contributed by atoms with Crippen LogP contribution >= 0.6 is 11.3 Å². The summed E-state index contributed by atoms with van der Waals surface area (Å²) in [7, 11) is 0. The van der Waals surface area contributed by atoms with Gasteiger partial charge in [0.1, 0.15) is 5.00 Å². The summed E-state index contributed by atoms with van der Waals surface area (Å²) in [5.41, 5.74) is 5.49. The van der Waals surface area contributed by atoms with Crippen molar-refractivity contribution < 1.29 is 4.79 Å². The predicted octanol–water partition coefficient (Wildman–Crippen LogP) is 0.663. The maximum Gasteiger partial charge on any atom is 0.221 e. The molecule has 4 N–H and O–H groups in total. The molecule has 0 unspecified atom stereocenters. The molecule has 78 valence electrons. The van der Waals surface area contributed by atoms with Crippen LogP contribution in [0.25, 0.3) is 0 Å². The van der Waals surface area contributed by atoms with Gasteiger partial charge in [0.2, 0.25) is 5.91 Å². The van der Waals surface area contributed by atoms with Gasteiger partial charge in [0, 0.05) is 19.5 Å². The van der Waals surface area contributed by atoms with Crippen LogP contribution in [0.2, 0.25) is 0 Å². The number of anilines is 2. The Morgan fingerprint density at radius 1 is 1.71 bits per heavy atom. The molecule has 0 aliphatic carbocycles. The van der Waals surface area contributed by atoms with Crippen LogP contribution in [0, 0.1) is 0 Å². The molecule has 0 saturated carbocycles. The molecule has 0 bridgehead atoms. The molecule has 1 amide bonds. The summed E-state index contributed by atoms with van der Waals surface area (Å²) in [6.07, 6.45) is 2.05. The summed E-state index contributed by atoms with van der Waals surface area (Å²) >= 11 is 1.38. The Balaban J connectivity index is 2.18. The first-order valence-electron chi connectivity index (χ1n) is 4.44. The number of aromatic nitrogens is 1. The zero-order chi connectivity index (χ0) is 10.4. The lowest BCUT2D eigenvalue weighted by molar-refractivity contribution is -0.120. The SMILES string of the molecule is CCNC(=O)CCNc1ncc(N)s1. The zero-order valence-electron chi connectivity index (χ0n) is 8.04. The first kappa shape index (κ1) is 10.8. The average Bonchev–Trinajstić information content (AvgIpc) is 2.52. The molecule has 5 nitrogen and oxygen atoms in total. The van der Waals surface area contributed by atoms with Crippen LogP contribution in [0.5, 0.6) is 0 Å². The molecular formula is C8H14N4OS. The Kier molecular flexibility index (Phi) is 4.18. The lowest BCUT2D eigenvalue weighted by Gasteiger charge is -2.02. The van der Waals surface area contributed by atoms with Gasteiger partial charge in [0.15, 0.2) is 5.13 Å². The number of hydrogen-bond donors (Lipinski definition) is 3. The van der Waals surface area contributed by atoms with E-state index in [4.69, 9.17) is 5.73 Å². The van der Waals surface area contributed by atoms with E-state index < -0.39 is 0 Å². The van der Waals surface area contributed by atoms with Crippen molar-refractivity contribution in [1.82, 2.24) is 10.3 Å². The van der Waals surface area contributed by atoms with Crippen molar-refractivity contribution in [3.8, 4) is 0 Å². The molecule has 1 aromatic heterocycles. The second kappa shape index (κ2) is 5.43. The number of nitrogens with zero attached hydrogens (tertiary/aromatic N) is 1. The van der Waals surface area contributed by atoms with Crippen molar-refractivity contribution in [2.24, 2.45) is 0 Å². The molecule has 0 spiro atoms. The minimum Gasteiger partial charge on any atom is -0.389 e. The van der Waals surface area contributed by atoms with Crippen LogP contribution in [-0.2, 0) is 4.79 Å². The Labute approximate surface area is 86.7 Å². The van der Waals surface area contributed by atoms with Crippen molar-refractivity contribution in [3.05, 3.63) is 6.20 Å². The highest BCUT2D eigenvalue weighted by Gasteiger charge is 2.00. The number of carbonyl (C=O) groups is 1. The molecule has 1 aromatic rings. The smallest absolute Gasteiger partial charge is 0.221 e. The van der Waals surface area contributed by atoms with Gasteiger partial charge in [-0.25, -0.2) is 4.98 Å². The number of nitrogens with two attached hydrogens (primary N) is 1. The first-order chi connectivity index (χ1) is 6.72. The standard InChI is InChI=1S/C8H14N4OS/c1-2-10-7(13)3-4-11-8-12-5-6(9)14-8/h5H,2-4,9H2,1H3,(H,10,13)(H,11,12). The third-order valence-electron chi connectivity index (χ3n) is 1.53. The maximum absolute atomic E-state index is 11.0. The summed E-state index contributed by atoms with van der Waals surface area (Å²) in [6.45, 7) is 3.15. The van der Waals surface area contributed by atoms with Crippen molar-refractivity contribution in [2.45, 2.75) is 13.3 Å². The lowest BCUT2D eigenvalue weighted by atomic mass is 10.4. The van der Waals surface area contributed by atoms with Crippen LogP contribution < -0.4 is 16.4 Å². The molecule has 1 heterocycles. The highest BCUT2D eigenvalue weighted by Crippen LogP contribution is 2.18. The Morgan fingerprint density at radius 3 is 3.07 bits per heavy atom. The van der Waals surface area contributed by atoms with Gasteiger partial charge in [0.25, 0.3) is 0 Å². The van der Waals surface area contributed by atoms with Crippen LogP contribution in [0.15, 0.2) is 6.20 Å². The van der Waals surface area contributed by atoms with E-state index >= 15 is 0 Å². The van der Waals surface area contributed by atoms with Crippen molar-refractivity contribution >= 4 is 27.4 Å². The summed E-state index contributed by atoms with van der Waals surface area (Å²) < 4.78 is 0. The molecule has 0 atom stereocenters. The Morgan fingerprint density at radius 2 is 2.50 bits per heavy atom. The predicted molar refractivity (Wildman–Crippen MR) is 58.3 cm³/mol. The maximum atomic E-state index is 11.0. The van der Waals surface area contributed by atoms with Gasteiger partial charge in [-0.2, -0.15) is 0 Å². The number of rotatable bonds is 5. The fourth-order valence-electron chi connectivity index (χ4n) is 0.937. The number of thiazole rings is 1. The normalized spacial score (nSPS) is 9.79. The summed E-state index contributed by atoms with van der Waals surface area (Å²) in [6, 6.07) is 0. The zero-order valence-corrected chi connectivity index (χ0v) is 8.86. The topological polar surface area (TPSA) is 80.0 Å². The van der Waals surface area contributed by atoms with E-state index in [2.05, 4.69) is 15.6 Å². The van der Waals surface area contributed by atoms with E-state index in [1.807, 2.05) is 6.92 Å². The fraction of sp³-hybridized carbons (Fsp3) is 0.500. The summed E-state index contributed by atoms with van der Waals surface area (Å²) in [4.78, 5) is 15.1. The molecule has 1 rings (SSSR count). The third-order valence-corrected chi connectivity index (χ3v) is 2.31.